The van der Waals surface area contributed by atoms with Crippen molar-refractivity contribution >= 4 is 17.9 Å². The monoisotopic (exact) mass is 271 g/mol. The topological polar surface area (TPSA) is 113 Å². The minimum atomic E-state index is -1.05. The smallest absolute Gasteiger partial charge is 0.318 e. The predicted octanol–water partition coefficient (Wildman–Crippen LogP) is 0.147. The van der Waals surface area contributed by atoms with Crippen molar-refractivity contribution in [2.24, 2.45) is 11.1 Å². The van der Waals surface area contributed by atoms with Crippen LogP contribution < -0.4 is 11.1 Å². The van der Waals surface area contributed by atoms with Crippen LogP contribution in [0.5, 0.6) is 0 Å². The summed E-state index contributed by atoms with van der Waals surface area (Å²) in [6, 6.07) is -1.03. The quantitative estimate of drug-likeness (QED) is 0.675. The Morgan fingerprint density at radius 3 is 2.53 bits per heavy atom. The van der Waals surface area contributed by atoms with Crippen LogP contribution in [0.4, 0.5) is 4.79 Å². The van der Waals surface area contributed by atoms with E-state index in [4.69, 9.17) is 10.8 Å². The number of nitrogens with zero attached hydrogens (tertiary/aromatic N) is 1. The largest absolute Gasteiger partial charge is 0.481 e. The normalized spacial score (nSPS) is 19.9. The molecule has 7 heteroatoms. The molecule has 1 rings (SSSR count). The molecule has 3 amide bonds. The van der Waals surface area contributed by atoms with Crippen LogP contribution in [0.25, 0.3) is 0 Å². The Labute approximate surface area is 112 Å². The van der Waals surface area contributed by atoms with Crippen molar-refractivity contribution in [1.82, 2.24) is 10.2 Å². The number of hydrogen-bond donors (Lipinski definition) is 3. The van der Waals surface area contributed by atoms with Crippen LogP contribution in [0.15, 0.2) is 0 Å². The number of urea groups is 1. The van der Waals surface area contributed by atoms with Crippen molar-refractivity contribution in [2.45, 2.75) is 39.2 Å². The molecular weight excluding hydrogens is 250 g/mol. The molecule has 19 heavy (non-hydrogen) atoms. The number of likely N-dealkylation sites (tertiary alicyclic amines) is 1. The molecule has 1 unspecified atom stereocenters. The third kappa shape index (κ3) is 3.84. The van der Waals surface area contributed by atoms with Crippen LogP contribution in [0, 0.1) is 5.41 Å². The van der Waals surface area contributed by atoms with Crippen LogP contribution in [0.2, 0.25) is 0 Å². The van der Waals surface area contributed by atoms with E-state index in [0.29, 0.717) is 13.0 Å². The first-order valence-electron chi connectivity index (χ1n) is 6.33. The van der Waals surface area contributed by atoms with Gasteiger partial charge in [-0.1, -0.05) is 0 Å². The van der Waals surface area contributed by atoms with Crippen LogP contribution in [-0.4, -0.2) is 47.0 Å². The second-order valence-corrected chi connectivity index (χ2v) is 5.46. The SMILES string of the molecule is CC(C)(CNC(=O)N1CCCCC1C(N)=O)C(=O)O. The summed E-state index contributed by atoms with van der Waals surface area (Å²) in [5.74, 6) is -1.51. The number of piperidine rings is 1. The maximum atomic E-state index is 12.0. The second kappa shape index (κ2) is 5.90. The number of aliphatic carboxylic acids is 1. The number of carboxylic acid groups (broad SMARTS) is 1. The van der Waals surface area contributed by atoms with Gasteiger partial charge in [0.15, 0.2) is 0 Å². The van der Waals surface area contributed by atoms with Crippen LogP contribution in [-0.2, 0) is 9.59 Å². The van der Waals surface area contributed by atoms with E-state index in [2.05, 4.69) is 5.32 Å². The van der Waals surface area contributed by atoms with E-state index in [0.717, 1.165) is 12.8 Å². The van der Waals surface area contributed by atoms with Gasteiger partial charge in [-0.3, -0.25) is 9.59 Å². The minimum Gasteiger partial charge on any atom is -0.481 e. The maximum Gasteiger partial charge on any atom is 0.318 e. The zero-order valence-electron chi connectivity index (χ0n) is 11.3. The molecular formula is C12H21N3O4. The number of carbonyl (C=O) groups excluding carboxylic acids is 2. The average Bonchev–Trinajstić information content (AvgIpc) is 2.35. The highest BCUT2D eigenvalue weighted by Crippen LogP contribution is 2.18. The van der Waals surface area contributed by atoms with Crippen molar-refractivity contribution < 1.29 is 19.5 Å². The van der Waals surface area contributed by atoms with E-state index in [1.54, 1.807) is 0 Å². The third-order valence-corrected chi connectivity index (χ3v) is 3.35. The highest BCUT2D eigenvalue weighted by Gasteiger charge is 2.33. The summed E-state index contributed by atoms with van der Waals surface area (Å²) >= 11 is 0. The van der Waals surface area contributed by atoms with Crippen LogP contribution in [0.3, 0.4) is 0 Å². The van der Waals surface area contributed by atoms with Gasteiger partial charge in [0.2, 0.25) is 5.91 Å². The fraction of sp³-hybridized carbons (Fsp3) is 0.750. The van der Waals surface area contributed by atoms with Crippen LogP contribution >= 0.6 is 0 Å². The molecule has 108 valence electrons. The van der Waals surface area contributed by atoms with Gasteiger partial charge >= 0.3 is 12.0 Å². The lowest BCUT2D eigenvalue weighted by atomic mass is 9.94. The van der Waals surface area contributed by atoms with Crippen molar-refractivity contribution in [3.05, 3.63) is 0 Å². The molecule has 0 aromatic rings. The Kier molecular flexibility index (Phi) is 4.74. The van der Waals surface area contributed by atoms with E-state index in [1.807, 2.05) is 0 Å². The molecule has 1 aliphatic rings. The van der Waals surface area contributed by atoms with E-state index >= 15 is 0 Å². The molecule has 1 atom stereocenters. The summed E-state index contributed by atoms with van der Waals surface area (Å²) in [5.41, 5.74) is 4.22. The lowest BCUT2D eigenvalue weighted by Gasteiger charge is -2.34. The molecule has 7 nitrogen and oxygen atoms in total. The number of hydrogen-bond acceptors (Lipinski definition) is 3. The average molecular weight is 271 g/mol. The summed E-state index contributed by atoms with van der Waals surface area (Å²) < 4.78 is 0. The number of primary amides is 1. The summed E-state index contributed by atoms with van der Waals surface area (Å²) in [5, 5.41) is 11.5. The molecule has 1 fully saturated rings. The van der Waals surface area contributed by atoms with Gasteiger partial charge in [-0.05, 0) is 33.1 Å². The summed E-state index contributed by atoms with van der Waals surface area (Å²) in [6.45, 7) is 3.52. The molecule has 0 radical (unpaired) electrons. The van der Waals surface area contributed by atoms with Gasteiger partial charge in [0, 0.05) is 13.1 Å². The molecule has 0 aromatic carbocycles. The molecule has 1 saturated heterocycles. The number of nitrogens with two attached hydrogens (primary N) is 1. The maximum absolute atomic E-state index is 12.0. The third-order valence-electron chi connectivity index (χ3n) is 3.35. The number of carboxylic acids is 1. The van der Waals surface area contributed by atoms with Gasteiger partial charge in [0.1, 0.15) is 6.04 Å². The Morgan fingerprint density at radius 2 is 2.00 bits per heavy atom. The fourth-order valence-corrected chi connectivity index (χ4v) is 1.94. The first-order chi connectivity index (χ1) is 8.75. The number of rotatable bonds is 4. The first-order valence-corrected chi connectivity index (χ1v) is 6.33. The minimum absolute atomic E-state index is 0.00312. The van der Waals surface area contributed by atoms with Crippen molar-refractivity contribution in [2.75, 3.05) is 13.1 Å². The summed E-state index contributed by atoms with van der Waals surface area (Å²) in [7, 11) is 0. The van der Waals surface area contributed by atoms with Crippen molar-refractivity contribution in [3.63, 3.8) is 0 Å². The lowest BCUT2D eigenvalue weighted by Crippen LogP contribution is -2.55. The molecule has 0 aromatic heterocycles. The second-order valence-electron chi connectivity index (χ2n) is 5.46. The summed E-state index contributed by atoms with van der Waals surface area (Å²) in [6.07, 6.45) is 2.24. The van der Waals surface area contributed by atoms with Gasteiger partial charge in [-0.25, -0.2) is 4.79 Å². The van der Waals surface area contributed by atoms with Gasteiger partial charge in [-0.15, -0.1) is 0 Å². The lowest BCUT2D eigenvalue weighted by molar-refractivity contribution is -0.146. The van der Waals surface area contributed by atoms with Crippen LogP contribution in [0.1, 0.15) is 33.1 Å². The molecule has 4 N–H and O–H groups in total. The molecule has 0 spiro atoms. The number of carbonyl (C=O) groups is 3. The Hall–Kier alpha value is -1.79. The number of nitrogens with one attached hydrogen (secondary N) is 1. The molecule has 0 aliphatic carbocycles. The van der Waals surface area contributed by atoms with Gasteiger partial charge in [-0.2, -0.15) is 0 Å². The molecule has 0 saturated carbocycles. The summed E-state index contributed by atoms with van der Waals surface area (Å²) in [4.78, 5) is 35.6. The zero-order chi connectivity index (χ0) is 14.6. The fourth-order valence-electron chi connectivity index (χ4n) is 1.94. The highest BCUT2D eigenvalue weighted by molar-refractivity contribution is 5.86. The highest BCUT2D eigenvalue weighted by atomic mass is 16.4. The Morgan fingerprint density at radius 1 is 1.37 bits per heavy atom. The van der Waals surface area contributed by atoms with Gasteiger partial charge in [0.05, 0.1) is 5.41 Å². The van der Waals surface area contributed by atoms with E-state index in [1.165, 1.54) is 18.7 Å². The zero-order valence-corrected chi connectivity index (χ0v) is 11.3. The first kappa shape index (κ1) is 15.3. The Bertz CT molecular complexity index is 381. The number of amides is 3. The standard InChI is InChI=1S/C12H21N3O4/c1-12(2,10(17)18)7-14-11(19)15-6-4-3-5-8(15)9(13)16/h8H,3-7H2,1-2H3,(H2,13,16)(H,14,19)(H,17,18). The van der Waals surface area contributed by atoms with Crippen molar-refractivity contribution in [3.8, 4) is 0 Å². The van der Waals surface area contributed by atoms with Gasteiger partial charge < -0.3 is 21.1 Å². The van der Waals surface area contributed by atoms with E-state index in [-0.39, 0.29) is 6.54 Å². The van der Waals surface area contributed by atoms with E-state index < -0.39 is 29.4 Å². The van der Waals surface area contributed by atoms with Crippen molar-refractivity contribution in [1.29, 1.82) is 0 Å². The van der Waals surface area contributed by atoms with E-state index in [9.17, 15) is 14.4 Å². The predicted molar refractivity (Wildman–Crippen MR) is 68.4 cm³/mol. The van der Waals surface area contributed by atoms with Gasteiger partial charge in [0.25, 0.3) is 0 Å². The molecule has 0 bridgehead atoms. The molecule has 1 aliphatic heterocycles. The Balaban J connectivity index is 2.61. The molecule has 1 heterocycles.